The summed E-state index contributed by atoms with van der Waals surface area (Å²) in [5.41, 5.74) is 1.01. The SMILES string of the molecule is O=C(O)c1ncc(CNc2ccccc2)s1. The van der Waals surface area contributed by atoms with Crippen molar-refractivity contribution in [1.29, 1.82) is 0 Å². The van der Waals surface area contributed by atoms with E-state index < -0.39 is 5.97 Å². The molecule has 2 aromatic rings. The largest absolute Gasteiger partial charge is 0.476 e. The van der Waals surface area contributed by atoms with E-state index in [1.54, 1.807) is 6.20 Å². The highest BCUT2D eigenvalue weighted by Gasteiger charge is 2.08. The van der Waals surface area contributed by atoms with Crippen molar-refractivity contribution >= 4 is 23.0 Å². The zero-order chi connectivity index (χ0) is 11.4. The van der Waals surface area contributed by atoms with E-state index in [1.807, 2.05) is 30.3 Å². The Bertz CT molecular complexity index is 482. The van der Waals surface area contributed by atoms with Gasteiger partial charge in [-0.1, -0.05) is 18.2 Å². The molecule has 0 unspecified atom stereocenters. The Morgan fingerprint density at radius 2 is 2.12 bits per heavy atom. The molecule has 0 atom stereocenters. The zero-order valence-electron chi connectivity index (χ0n) is 8.38. The van der Waals surface area contributed by atoms with Gasteiger partial charge in [0.2, 0.25) is 5.01 Å². The number of carboxylic acids is 1. The third kappa shape index (κ3) is 2.58. The van der Waals surface area contributed by atoms with Gasteiger partial charge in [-0.2, -0.15) is 0 Å². The normalized spacial score (nSPS) is 10.0. The van der Waals surface area contributed by atoms with E-state index in [2.05, 4.69) is 10.3 Å². The van der Waals surface area contributed by atoms with Crippen molar-refractivity contribution in [2.45, 2.75) is 6.54 Å². The number of aromatic carboxylic acids is 1. The van der Waals surface area contributed by atoms with Crippen molar-refractivity contribution in [1.82, 2.24) is 4.98 Å². The predicted octanol–water partition coefficient (Wildman–Crippen LogP) is 2.45. The smallest absolute Gasteiger partial charge is 0.365 e. The lowest BCUT2D eigenvalue weighted by molar-refractivity contribution is 0.0696. The average molecular weight is 234 g/mol. The van der Waals surface area contributed by atoms with Crippen LogP contribution in [0.4, 0.5) is 5.69 Å². The highest BCUT2D eigenvalue weighted by molar-refractivity contribution is 7.13. The lowest BCUT2D eigenvalue weighted by Crippen LogP contribution is -1.96. The van der Waals surface area contributed by atoms with Crippen LogP contribution in [0.2, 0.25) is 0 Å². The highest BCUT2D eigenvalue weighted by atomic mass is 32.1. The molecule has 82 valence electrons. The lowest BCUT2D eigenvalue weighted by atomic mass is 10.3. The van der Waals surface area contributed by atoms with Crippen LogP contribution in [-0.4, -0.2) is 16.1 Å². The Hall–Kier alpha value is -1.88. The molecule has 5 heteroatoms. The molecule has 0 saturated carbocycles. The summed E-state index contributed by atoms with van der Waals surface area (Å²) in [6.07, 6.45) is 1.59. The molecular formula is C11H10N2O2S. The first-order chi connectivity index (χ1) is 7.75. The van der Waals surface area contributed by atoms with Crippen LogP contribution in [0, 0.1) is 0 Å². The Morgan fingerprint density at radius 1 is 1.38 bits per heavy atom. The second-order valence-electron chi connectivity index (χ2n) is 3.16. The fourth-order valence-corrected chi connectivity index (χ4v) is 1.92. The molecule has 0 bridgehead atoms. The van der Waals surface area contributed by atoms with Crippen molar-refractivity contribution in [2.75, 3.05) is 5.32 Å². The number of hydrogen-bond donors (Lipinski definition) is 2. The molecule has 0 aliphatic carbocycles. The zero-order valence-corrected chi connectivity index (χ0v) is 9.20. The third-order valence-corrected chi connectivity index (χ3v) is 2.96. The van der Waals surface area contributed by atoms with Crippen molar-refractivity contribution < 1.29 is 9.90 Å². The van der Waals surface area contributed by atoms with Crippen molar-refractivity contribution in [3.8, 4) is 0 Å². The van der Waals surface area contributed by atoms with Gasteiger partial charge < -0.3 is 10.4 Å². The molecule has 0 fully saturated rings. The van der Waals surface area contributed by atoms with E-state index in [1.165, 1.54) is 11.3 Å². The Morgan fingerprint density at radius 3 is 2.75 bits per heavy atom. The van der Waals surface area contributed by atoms with Crippen LogP contribution in [0.5, 0.6) is 0 Å². The van der Waals surface area contributed by atoms with Crippen LogP contribution in [0.1, 0.15) is 14.7 Å². The maximum absolute atomic E-state index is 10.6. The molecule has 2 rings (SSSR count). The molecule has 1 heterocycles. The molecule has 2 N–H and O–H groups in total. The van der Waals surface area contributed by atoms with Crippen molar-refractivity contribution in [3.05, 3.63) is 46.4 Å². The van der Waals surface area contributed by atoms with E-state index in [0.29, 0.717) is 6.54 Å². The van der Waals surface area contributed by atoms with E-state index in [0.717, 1.165) is 10.6 Å². The van der Waals surface area contributed by atoms with Crippen molar-refractivity contribution in [2.24, 2.45) is 0 Å². The van der Waals surface area contributed by atoms with Crippen LogP contribution in [-0.2, 0) is 6.54 Å². The summed E-state index contributed by atoms with van der Waals surface area (Å²) >= 11 is 1.19. The van der Waals surface area contributed by atoms with Gasteiger partial charge in [0.25, 0.3) is 0 Å². The van der Waals surface area contributed by atoms with Gasteiger partial charge in [0.05, 0.1) is 6.54 Å². The topological polar surface area (TPSA) is 62.2 Å². The van der Waals surface area contributed by atoms with Crippen molar-refractivity contribution in [3.63, 3.8) is 0 Å². The minimum absolute atomic E-state index is 0.130. The molecule has 0 amide bonds. The number of carbonyl (C=O) groups is 1. The Labute approximate surface area is 96.6 Å². The highest BCUT2D eigenvalue weighted by Crippen LogP contribution is 2.15. The number of hydrogen-bond acceptors (Lipinski definition) is 4. The van der Waals surface area contributed by atoms with E-state index in [4.69, 9.17) is 5.11 Å². The summed E-state index contributed by atoms with van der Waals surface area (Å²) in [5, 5.41) is 12.0. The van der Waals surface area contributed by atoms with Crippen LogP contribution < -0.4 is 5.32 Å². The summed E-state index contributed by atoms with van der Waals surface area (Å²) in [7, 11) is 0. The lowest BCUT2D eigenvalue weighted by Gasteiger charge is -2.02. The molecule has 16 heavy (non-hydrogen) atoms. The first kappa shape index (κ1) is 10.6. The van der Waals surface area contributed by atoms with E-state index in [-0.39, 0.29) is 5.01 Å². The summed E-state index contributed by atoms with van der Waals surface area (Å²) < 4.78 is 0. The van der Waals surface area contributed by atoms with Gasteiger partial charge in [-0.3, -0.25) is 0 Å². The van der Waals surface area contributed by atoms with Crippen LogP contribution in [0.25, 0.3) is 0 Å². The number of thiazole rings is 1. The number of aromatic nitrogens is 1. The monoisotopic (exact) mass is 234 g/mol. The summed E-state index contributed by atoms with van der Waals surface area (Å²) in [5.74, 6) is -0.976. The van der Waals surface area contributed by atoms with E-state index >= 15 is 0 Å². The number of anilines is 1. The first-order valence-corrected chi connectivity index (χ1v) is 5.54. The standard InChI is InChI=1S/C11H10N2O2S/c14-11(15)10-13-7-9(16-10)6-12-8-4-2-1-3-5-8/h1-5,7,12H,6H2,(H,14,15). The van der Waals surface area contributed by atoms with Crippen LogP contribution in [0.3, 0.4) is 0 Å². The van der Waals surface area contributed by atoms with E-state index in [9.17, 15) is 4.79 Å². The molecular weight excluding hydrogens is 224 g/mol. The molecule has 0 spiro atoms. The quantitative estimate of drug-likeness (QED) is 0.853. The first-order valence-electron chi connectivity index (χ1n) is 4.72. The Balaban J connectivity index is 1.97. The van der Waals surface area contributed by atoms with Crippen LogP contribution in [0.15, 0.2) is 36.5 Å². The van der Waals surface area contributed by atoms with Gasteiger partial charge >= 0.3 is 5.97 Å². The Kier molecular flexibility index (Phi) is 3.16. The number of benzene rings is 1. The van der Waals surface area contributed by atoms with Gasteiger partial charge in [-0.15, -0.1) is 11.3 Å². The summed E-state index contributed by atoms with van der Waals surface area (Å²) in [6.45, 7) is 0.592. The molecule has 0 saturated heterocycles. The number of nitrogens with zero attached hydrogens (tertiary/aromatic N) is 1. The van der Waals surface area contributed by atoms with Crippen LogP contribution >= 0.6 is 11.3 Å². The van der Waals surface area contributed by atoms with Gasteiger partial charge in [0.15, 0.2) is 0 Å². The maximum atomic E-state index is 10.6. The third-order valence-electron chi connectivity index (χ3n) is 1.98. The minimum atomic E-state index is -0.976. The van der Waals surface area contributed by atoms with Gasteiger partial charge in [-0.05, 0) is 12.1 Å². The van der Waals surface area contributed by atoms with Gasteiger partial charge in [0, 0.05) is 16.8 Å². The average Bonchev–Trinajstić information content (AvgIpc) is 2.76. The minimum Gasteiger partial charge on any atom is -0.476 e. The number of rotatable bonds is 4. The molecule has 0 aliphatic heterocycles. The number of nitrogens with one attached hydrogen (secondary N) is 1. The van der Waals surface area contributed by atoms with Gasteiger partial charge in [0.1, 0.15) is 0 Å². The molecule has 0 radical (unpaired) electrons. The predicted molar refractivity (Wildman–Crippen MR) is 62.8 cm³/mol. The fourth-order valence-electron chi connectivity index (χ4n) is 1.23. The summed E-state index contributed by atoms with van der Waals surface area (Å²) in [4.78, 5) is 15.3. The molecule has 4 nitrogen and oxygen atoms in total. The van der Waals surface area contributed by atoms with Gasteiger partial charge in [-0.25, -0.2) is 9.78 Å². The fraction of sp³-hybridized carbons (Fsp3) is 0.0909. The second-order valence-corrected chi connectivity index (χ2v) is 4.27. The number of para-hydroxylation sites is 1. The molecule has 1 aromatic heterocycles. The molecule has 0 aliphatic rings. The maximum Gasteiger partial charge on any atom is 0.365 e. The number of carboxylic acid groups (broad SMARTS) is 1. The molecule has 1 aromatic carbocycles. The second kappa shape index (κ2) is 4.76. The summed E-state index contributed by atoms with van der Waals surface area (Å²) in [6, 6.07) is 9.74.